The monoisotopic (exact) mass is 661 g/mol. The number of halogens is 3. The average Bonchev–Trinajstić information content (AvgIpc) is 3.52. The second-order valence-corrected chi connectivity index (χ2v) is 14.1. The first kappa shape index (κ1) is 35.1. The van der Waals surface area contributed by atoms with Crippen LogP contribution in [0.3, 0.4) is 0 Å². The van der Waals surface area contributed by atoms with Crippen LogP contribution in [-0.4, -0.2) is 76.5 Å². The van der Waals surface area contributed by atoms with Gasteiger partial charge in [-0.05, 0) is 92.7 Å². The number of aliphatic hydroxyl groups excluding tert-OH is 3. The molecule has 1 aliphatic rings. The van der Waals surface area contributed by atoms with Crippen molar-refractivity contribution in [3.05, 3.63) is 55.7 Å². The highest BCUT2D eigenvalue weighted by Crippen LogP contribution is 2.42. The van der Waals surface area contributed by atoms with Crippen molar-refractivity contribution >= 4 is 58.0 Å². The third-order valence-electron chi connectivity index (χ3n) is 8.13. The van der Waals surface area contributed by atoms with E-state index in [0.717, 1.165) is 49.0 Å². The number of carbonyl (C=O) groups excluding carboxylic acids is 2. The molecule has 1 aromatic heterocycles. The topological polar surface area (TPSA) is 107 Å². The number of aliphatic hydroxyl groups is 3. The number of thiophene rings is 1. The standard InChI is InChI=1S/C31H42Cl3NO6S/c1-3-11-35(20(2)38)16-31(17-36,18-37)19-41-30(40)29-10-8-24(42-29)5-4-6-25-26(28(39)15-27(25)34)9-7-21-12-22(32)14-23(33)13-21/h8,10,12-14,25-28,36-37,39H,3-7,9,11,15-19H2,1-2H3/t25-,26-,27-,28-/m1/s1. The molecule has 1 aliphatic carbocycles. The second kappa shape index (κ2) is 16.6. The van der Waals surface area contributed by atoms with Gasteiger partial charge in [0.15, 0.2) is 0 Å². The second-order valence-electron chi connectivity index (χ2n) is 11.5. The van der Waals surface area contributed by atoms with Crippen molar-refractivity contribution in [2.75, 3.05) is 32.9 Å². The van der Waals surface area contributed by atoms with Crippen LogP contribution in [0.1, 0.15) is 66.1 Å². The minimum atomic E-state index is -1.14. The van der Waals surface area contributed by atoms with Crippen LogP contribution in [0.5, 0.6) is 0 Å². The van der Waals surface area contributed by atoms with E-state index < -0.39 is 30.7 Å². The van der Waals surface area contributed by atoms with E-state index in [1.54, 1.807) is 17.0 Å². The number of alkyl halides is 1. The largest absolute Gasteiger partial charge is 0.461 e. The summed E-state index contributed by atoms with van der Waals surface area (Å²) in [5.41, 5.74) is -0.0994. The van der Waals surface area contributed by atoms with Gasteiger partial charge >= 0.3 is 5.97 Å². The summed E-state index contributed by atoms with van der Waals surface area (Å²) in [6, 6.07) is 9.15. The third-order valence-corrected chi connectivity index (χ3v) is 10.2. The molecule has 1 heterocycles. The predicted octanol–water partition coefficient (Wildman–Crippen LogP) is 6.00. The molecule has 0 saturated heterocycles. The Morgan fingerprint density at radius 2 is 1.76 bits per heavy atom. The van der Waals surface area contributed by atoms with E-state index in [0.29, 0.717) is 27.9 Å². The maximum atomic E-state index is 12.8. The van der Waals surface area contributed by atoms with Crippen molar-refractivity contribution in [3.63, 3.8) is 0 Å². The number of ether oxygens (including phenoxy) is 1. The van der Waals surface area contributed by atoms with Crippen molar-refractivity contribution < 1.29 is 29.6 Å². The molecule has 11 heteroatoms. The summed E-state index contributed by atoms with van der Waals surface area (Å²) in [4.78, 5) is 27.8. The van der Waals surface area contributed by atoms with Gasteiger partial charge < -0.3 is 25.0 Å². The lowest BCUT2D eigenvalue weighted by Gasteiger charge is -2.34. The molecule has 1 saturated carbocycles. The van der Waals surface area contributed by atoms with Crippen molar-refractivity contribution in [2.24, 2.45) is 17.3 Å². The SMILES string of the molecule is CCCN(CC(CO)(CO)COC(=O)c1ccc(CCC[C@@H]2[C@@H](CCc3cc(Cl)cc(Cl)c3)[C@H](O)C[C@H]2Cl)s1)C(C)=O. The van der Waals surface area contributed by atoms with E-state index in [1.165, 1.54) is 18.3 Å². The Hall–Kier alpha value is -1.39. The number of amides is 1. The molecule has 3 rings (SSSR count). The highest BCUT2D eigenvalue weighted by molar-refractivity contribution is 7.13. The van der Waals surface area contributed by atoms with E-state index in [4.69, 9.17) is 39.5 Å². The van der Waals surface area contributed by atoms with E-state index >= 15 is 0 Å². The van der Waals surface area contributed by atoms with Gasteiger partial charge in [-0.3, -0.25) is 4.79 Å². The summed E-state index contributed by atoms with van der Waals surface area (Å²) in [5.74, 6) is -0.410. The van der Waals surface area contributed by atoms with Crippen LogP contribution >= 0.6 is 46.1 Å². The maximum Gasteiger partial charge on any atom is 0.348 e. The third kappa shape index (κ3) is 9.81. The molecule has 7 nitrogen and oxygen atoms in total. The molecular weight excluding hydrogens is 621 g/mol. The van der Waals surface area contributed by atoms with Crippen LogP contribution in [0, 0.1) is 17.3 Å². The van der Waals surface area contributed by atoms with Crippen molar-refractivity contribution in [1.82, 2.24) is 4.90 Å². The smallest absolute Gasteiger partial charge is 0.348 e. The molecule has 4 atom stereocenters. The Morgan fingerprint density at radius 3 is 2.38 bits per heavy atom. The summed E-state index contributed by atoms with van der Waals surface area (Å²) in [6.45, 7) is 2.90. The molecule has 3 N–H and O–H groups in total. The Balaban J connectivity index is 1.52. The first-order valence-electron chi connectivity index (χ1n) is 14.5. The van der Waals surface area contributed by atoms with Crippen LogP contribution in [0.25, 0.3) is 0 Å². The first-order valence-corrected chi connectivity index (χ1v) is 16.5. The molecule has 1 fully saturated rings. The van der Waals surface area contributed by atoms with Gasteiger partial charge in [-0.15, -0.1) is 22.9 Å². The summed E-state index contributed by atoms with van der Waals surface area (Å²) in [5, 5.41) is 31.8. The zero-order valence-electron chi connectivity index (χ0n) is 24.2. The molecule has 234 valence electrons. The number of hydrogen-bond acceptors (Lipinski definition) is 7. The van der Waals surface area contributed by atoms with Gasteiger partial charge in [-0.2, -0.15) is 0 Å². The molecule has 2 aromatic rings. The lowest BCUT2D eigenvalue weighted by atomic mass is 9.85. The number of aryl methyl sites for hydroxylation is 2. The molecule has 0 bridgehead atoms. The van der Waals surface area contributed by atoms with Crippen molar-refractivity contribution in [3.8, 4) is 0 Å². The molecule has 1 aromatic carbocycles. The van der Waals surface area contributed by atoms with E-state index in [9.17, 15) is 24.9 Å². The van der Waals surface area contributed by atoms with Gasteiger partial charge in [-0.1, -0.05) is 30.1 Å². The van der Waals surface area contributed by atoms with Crippen LogP contribution in [-0.2, 0) is 22.4 Å². The van der Waals surface area contributed by atoms with Crippen LogP contribution in [0.2, 0.25) is 10.0 Å². The zero-order chi connectivity index (χ0) is 30.9. The summed E-state index contributed by atoms with van der Waals surface area (Å²) in [6.07, 6.45) is 4.93. The molecule has 0 unspecified atom stereocenters. The molecule has 0 aliphatic heterocycles. The van der Waals surface area contributed by atoms with E-state index in [2.05, 4.69) is 0 Å². The highest BCUT2D eigenvalue weighted by Gasteiger charge is 2.40. The number of rotatable bonds is 16. The quantitative estimate of drug-likeness (QED) is 0.150. The number of hydrogen-bond donors (Lipinski definition) is 3. The van der Waals surface area contributed by atoms with Gasteiger partial charge in [0.05, 0.1) is 24.7 Å². The zero-order valence-corrected chi connectivity index (χ0v) is 27.3. The summed E-state index contributed by atoms with van der Waals surface area (Å²) >= 11 is 20.3. The Bertz CT molecular complexity index is 1150. The van der Waals surface area contributed by atoms with Crippen molar-refractivity contribution in [2.45, 2.75) is 70.3 Å². The fourth-order valence-corrected chi connectivity index (χ4v) is 7.77. The average molecular weight is 663 g/mol. The number of esters is 1. The highest BCUT2D eigenvalue weighted by atomic mass is 35.5. The molecule has 0 spiro atoms. The molecular formula is C31H42Cl3NO6S. The maximum absolute atomic E-state index is 12.8. The van der Waals surface area contributed by atoms with Gasteiger partial charge in [0.25, 0.3) is 0 Å². The molecule has 42 heavy (non-hydrogen) atoms. The predicted molar refractivity (Wildman–Crippen MR) is 169 cm³/mol. The lowest BCUT2D eigenvalue weighted by molar-refractivity contribution is -0.132. The van der Waals surface area contributed by atoms with Crippen LogP contribution < -0.4 is 0 Å². The Labute approximate surface area is 267 Å². The van der Waals surface area contributed by atoms with Gasteiger partial charge in [0, 0.05) is 40.3 Å². The van der Waals surface area contributed by atoms with E-state index in [-0.39, 0.29) is 36.3 Å². The lowest BCUT2D eigenvalue weighted by Crippen LogP contribution is -2.48. The summed E-state index contributed by atoms with van der Waals surface area (Å²) < 4.78 is 5.50. The minimum Gasteiger partial charge on any atom is -0.461 e. The van der Waals surface area contributed by atoms with Crippen molar-refractivity contribution in [1.29, 1.82) is 0 Å². The fraction of sp³-hybridized carbons (Fsp3) is 0.613. The number of nitrogens with zero attached hydrogens (tertiary/aromatic N) is 1. The Kier molecular flexibility index (Phi) is 13.9. The van der Waals surface area contributed by atoms with Crippen LogP contribution in [0.4, 0.5) is 0 Å². The van der Waals surface area contributed by atoms with Crippen LogP contribution in [0.15, 0.2) is 30.3 Å². The van der Waals surface area contributed by atoms with Gasteiger partial charge in [-0.25, -0.2) is 4.79 Å². The minimum absolute atomic E-state index is 0.0867. The van der Waals surface area contributed by atoms with E-state index in [1.807, 2.05) is 25.1 Å². The van der Waals surface area contributed by atoms with Gasteiger partial charge in [0.1, 0.15) is 11.5 Å². The Morgan fingerprint density at radius 1 is 1.07 bits per heavy atom. The molecule has 0 radical (unpaired) electrons. The first-order chi connectivity index (χ1) is 20.0. The van der Waals surface area contributed by atoms with Gasteiger partial charge in [0.2, 0.25) is 5.91 Å². The summed E-state index contributed by atoms with van der Waals surface area (Å²) in [7, 11) is 0. The molecule has 1 amide bonds. The number of benzene rings is 1. The number of carbonyl (C=O) groups is 2. The fourth-order valence-electron chi connectivity index (χ4n) is 5.76. The normalized spacial score (nSPS) is 20.6.